The minimum atomic E-state index is -0.0335. The van der Waals surface area contributed by atoms with Gasteiger partial charge in [0.1, 0.15) is 11.5 Å². The molecule has 2 aromatic carbocycles. The van der Waals surface area contributed by atoms with E-state index in [9.17, 15) is 4.79 Å². The molecule has 0 unspecified atom stereocenters. The van der Waals surface area contributed by atoms with Crippen LogP contribution in [0.25, 0.3) is 22.2 Å². The minimum Gasteiger partial charge on any atom is -0.360 e. The zero-order valence-electron chi connectivity index (χ0n) is 14.6. The molecule has 0 fully saturated rings. The third-order valence-electron chi connectivity index (χ3n) is 4.17. The van der Waals surface area contributed by atoms with E-state index in [0.29, 0.717) is 28.4 Å². The van der Waals surface area contributed by atoms with Gasteiger partial charge in [-0.05, 0) is 25.1 Å². The van der Waals surface area contributed by atoms with Crippen molar-refractivity contribution in [3.05, 3.63) is 75.2 Å². The fourth-order valence-electron chi connectivity index (χ4n) is 2.82. The first kappa shape index (κ1) is 18.0. The van der Waals surface area contributed by atoms with Crippen molar-refractivity contribution >= 4 is 38.6 Å². The van der Waals surface area contributed by atoms with Crippen molar-refractivity contribution in [1.29, 1.82) is 0 Å². The minimum absolute atomic E-state index is 0.0335. The summed E-state index contributed by atoms with van der Waals surface area (Å²) in [6.45, 7) is 2.50. The van der Waals surface area contributed by atoms with Crippen LogP contribution in [0.15, 0.2) is 73.5 Å². The van der Waals surface area contributed by atoms with Crippen molar-refractivity contribution in [2.24, 2.45) is 0 Å². The number of halogens is 1. The highest BCUT2D eigenvalue weighted by atomic mass is 79.9. The molecule has 4 aromatic rings. The summed E-state index contributed by atoms with van der Waals surface area (Å²) in [5, 5.41) is 5.42. The largest absolute Gasteiger partial charge is 0.360 e. The number of hydrogen-bond donors (Lipinski definition) is 0. The average molecular weight is 442 g/mol. The van der Waals surface area contributed by atoms with E-state index >= 15 is 0 Å². The Balaban J connectivity index is 1.62. The number of nitrogens with zero attached hydrogens (tertiary/aromatic N) is 3. The molecule has 0 aliphatic carbocycles. The van der Waals surface area contributed by atoms with Crippen molar-refractivity contribution in [3.63, 3.8) is 0 Å². The summed E-state index contributed by atoms with van der Waals surface area (Å²) >= 11 is 4.89. The van der Waals surface area contributed by atoms with Crippen molar-refractivity contribution < 1.29 is 4.52 Å². The highest BCUT2D eigenvalue weighted by molar-refractivity contribution is 9.10. The van der Waals surface area contributed by atoms with Crippen LogP contribution in [0.5, 0.6) is 0 Å². The molecule has 0 saturated carbocycles. The maximum absolute atomic E-state index is 12.8. The van der Waals surface area contributed by atoms with Crippen molar-refractivity contribution in [3.8, 4) is 11.3 Å². The Labute approximate surface area is 168 Å². The van der Waals surface area contributed by atoms with Gasteiger partial charge in [-0.1, -0.05) is 63.2 Å². The Morgan fingerprint density at radius 3 is 2.74 bits per heavy atom. The van der Waals surface area contributed by atoms with Gasteiger partial charge in [0.15, 0.2) is 5.16 Å². The molecule has 0 aliphatic heterocycles. The monoisotopic (exact) mass is 441 g/mol. The summed E-state index contributed by atoms with van der Waals surface area (Å²) in [4.78, 5) is 17.5. The van der Waals surface area contributed by atoms with Gasteiger partial charge in [-0.3, -0.25) is 9.36 Å². The van der Waals surface area contributed by atoms with E-state index in [0.717, 1.165) is 21.5 Å². The van der Waals surface area contributed by atoms with Crippen molar-refractivity contribution in [2.75, 3.05) is 0 Å². The summed E-state index contributed by atoms with van der Waals surface area (Å²) in [7, 11) is 0. The Morgan fingerprint density at radius 2 is 1.96 bits per heavy atom. The van der Waals surface area contributed by atoms with Gasteiger partial charge in [-0.25, -0.2) is 4.98 Å². The third-order valence-corrected chi connectivity index (χ3v) is 5.66. The van der Waals surface area contributed by atoms with Crippen molar-refractivity contribution in [1.82, 2.24) is 14.7 Å². The second-order valence-corrected chi connectivity index (χ2v) is 7.80. The van der Waals surface area contributed by atoms with Gasteiger partial charge < -0.3 is 4.52 Å². The van der Waals surface area contributed by atoms with E-state index in [1.54, 1.807) is 4.57 Å². The number of hydrogen-bond acceptors (Lipinski definition) is 5. The van der Waals surface area contributed by atoms with Crippen LogP contribution in [0.3, 0.4) is 0 Å². The van der Waals surface area contributed by atoms with Crippen LogP contribution in [-0.4, -0.2) is 14.7 Å². The van der Waals surface area contributed by atoms with E-state index in [2.05, 4.69) is 26.1 Å². The number of thioether (sulfide) groups is 1. The molecule has 0 aliphatic rings. The molecule has 5 nitrogen and oxygen atoms in total. The second-order valence-electron chi connectivity index (χ2n) is 5.94. The Bertz CT molecular complexity index is 1160. The smallest absolute Gasteiger partial charge is 0.262 e. The molecule has 0 saturated heterocycles. The predicted octanol–water partition coefficient (Wildman–Crippen LogP) is 5.13. The lowest BCUT2D eigenvalue weighted by Crippen LogP contribution is -2.22. The summed E-state index contributed by atoms with van der Waals surface area (Å²) in [6.07, 6.45) is 0. The van der Waals surface area contributed by atoms with Crippen LogP contribution in [0, 0.1) is 0 Å². The highest BCUT2D eigenvalue weighted by Gasteiger charge is 2.13. The molecule has 0 bridgehead atoms. The standard InChI is InChI=1S/C20H16BrN3O2S/c1-2-24-19(25)16-10-14(21)8-9-17(16)22-20(24)27-12-15-11-18(23-26-15)13-6-4-3-5-7-13/h3-11H,2,12H2,1H3. The molecule has 0 spiro atoms. The summed E-state index contributed by atoms with van der Waals surface area (Å²) in [5.41, 5.74) is 2.47. The molecule has 4 rings (SSSR count). The van der Waals surface area contributed by atoms with Crippen LogP contribution in [0.1, 0.15) is 12.7 Å². The SMILES string of the molecule is CCn1c(SCc2cc(-c3ccccc3)no2)nc2ccc(Br)cc2c1=O. The van der Waals surface area contributed by atoms with Gasteiger partial charge in [0.2, 0.25) is 0 Å². The zero-order chi connectivity index (χ0) is 18.8. The molecule has 7 heteroatoms. The Morgan fingerprint density at radius 1 is 1.15 bits per heavy atom. The molecule has 0 radical (unpaired) electrons. The number of benzene rings is 2. The first-order valence-electron chi connectivity index (χ1n) is 8.49. The molecule has 136 valence electrons. The summed E-state index contributed by atoms with van der Waals surface area (Å²) in [5.74, 6) is 1.29. The van der Waals surface area contributed by atoms with Gasteiger partial charge in [0.25, 0.3) is 5.56 Å². The van der Waals surface area contributed by atoms with E-state index in [1.165, 1.54) is 11.8 Å². The zero-order valence-corrected chi connectivity index (χ0v) is 17.0. The third kappa shape index (κ3) is 3.70. The summed E-state index contributed by atoms with van der Waals surface area (Å²) in [6, 6.07) is 17.4. The van der Waals surface area contributed by atoms with Crippen molar-refractivity contribution in [2.45, 2.75) is 24.4 Å². The fourth-order valence-corrected chi connectivity index (χ4v) is 4.12. The lowest BCUT2D eigenvalue weighted by atomic mass is 10.1. The van der Waals surface area contributed by atoms with Gasteiger partial charge in [0, 0.05) is 22.6 Å². The number of rotatable bonds is 5. The quantitative estimate of drug-likeness (QED) is 0.317. The maximum Gasteiger partial charge on any atom is 0.262 e. The molecular weight excluding hydrogens is 426 g/mol. The molecule has 27 heavy (non-hydrogen) atoms. The van der Waals surface area contributed by atoms with E-state index in [4.69, 9.17) is 4.52 Å². The topological polar surface area (TPSA) is 60.9 Å². The van der Waals surface area contributed by atoms with E-state index < -0.39 is 0 Å². The second kappa shape index (κ2) is 7.70. The maximum atomic E-state index is 12.8. The molecular formula is C20H16BrN3O2S. The molecule has 0 amide bonds. The van der Waals surface area contributed by atoms with Crippen LogP contribution in [-0.2, 0) is 12.3 Å². The predicted molar refractivity (Wildman–Crippen MR) is 111 cm³/mol. The average Bonchev–Trinajstić information content (AvgIpc) is 3.17. The van der Waals surface area contributed by atoms with E-state index in [1.807, 2.05) is 61.5 Å². The van der Waals surface area contributed by atoms with E-state index in [-0.39, 0.29) is 5.56 Å². The van der Waals surface area contributed by atoms with Crippen LogP contribution < -0.4 is 5.56 Å². The highest BCUT2D eigenvalue weighted by Crippen LogP contribution is 2.26. The van der Waals surface area contributed by atoms with Crippen LogP contribution >= 0.6 is 27.7 Å². The lowest BCUT2D eigenvalue weighted by molar-refractivity contribution is 0.397. The fraction of sp³-hybridized carbons (Fsp3) is 0.150. The van der Waals surface area contributed by atoms with Gasteiger partial charge in [0.05, 0.1) is 16.7 Å². The molecule has 2 aromatic heterocycles. The van der Waals surface area contributed by atoms with Gasteiger partial charge in [-0.15, -0.1) is 0 Å². The normalized spacial score (nSPS) is 11.2. The number of aromatic nitrogens is 3. The lowest BCUT2D eigenvalue weighted by Gasteiger charge is -2.10. The van der Waals surface area contributed by atoms with Gasteiger partial charge in [-0.2, -0.15) is 0 Å². The first-order valence-corrected chi connectivity index (χ1v) is 10.3. The Kier molecular flexibility index (Phi) is 5.13. The van der Waals surface area contributed by atoms with Crippen LogP contribution in [0.2, 0.25) is 0 Å². The molecule has 2 heterocycles. The Hall–Kier alpha value is -2.38. The molecule has 0 atom stereocenters. The first-order chi connectivity index (χ1) is 13.2. The molecule has 0 N–H and O–H groups in total. The van der Waals surface area contributed by atoms with Gasteiger partial charge >= 0.3 is 0 Å². The number of fused-ring (bicyclic) bond motifs is 1. The summed E-state index contributed by atoms with van der Waals surface area (Å²) < 4.78 is 8.01. The van der Waals surface area contributed by atoms with Crippen LogP contribution in [0.4, 0.5) is 0 Å².